The molecule has 9 heteroatoms. The van der Waals surface area contributed by atoms with Crippen molar-refractivity contribution < 1.29 is 26.9 Å². The molecule has 0 spiro atoms. The third kappa shape index (κ3) is 8.81. The topological polar surface area (TPSA) is 45.4 Å². The molecule has 0 aliphatic heterocycles. The molecule has 3 nitrogen and oxygen atoms in total. The summed E-state index contributed by atoms with van der Waals surface area (Å²) < 4.78 is 64.7. The number of benzene rings is 2. The van der Waals surface area contributed by atoms with Gasteiger partial charge < -0.3 is 13.7 Å². The van der Waals surface area contributed by atoms with E-state index in [1.807, 2.05) is 6.07 Å². The Balaban J connectivity index is 0.000000641. The smallest absolute Gasteiger partial charge is 0.417 e. The molecule has 192 valence electrons. The second-order valence-corrected chi connectivity index (χ2v) is 11.1. The number of hydrogen-bond acceptors (Lipinski definition) is 4. The van der Waals surface area contributed by atoms with Crippen LogP contribution >= 0.6 is 27.7 Å². The molecule has 0 aliphatic carbocycles. The molecule has 0 N–H and O–H groups in total. The predicted octanol–water partition coefficient (Wildman–Crippen LogP) is 9.42. The third-order valence-electron chi connectivity index (χ3n) is 5.04. The highest BCUT2D eigenvalue weighted by molar-refractivity contribution is 9.10. The summed E-state index contributed by atoms with van der Waals surface area (Å²) in [6.07, 6.45) is 6.91. The molecule has 3 rings (SSSR count). The number of rotatable bonds is 9. The van der Waals surface area contributed by atoms with Crippen molar-refractivity contribution >= 4 is 55.9 Å². The average molecular weight is 592 g/mol. The van der Waals surface area contributed by atoms with Crippen LogP contribution in [0.4, 0.5) is 13.2 Å². The van der Waals surface area contributed by atoms with Gasteiger partial charge in [-0.3, -0.25) is 0 Å². The van der Waals surface area contributed by atoms with E-state index < -0.39 is 22.9 Å². The van der Waals surface area contributed by atoms with Crippen molar-refractivity contribution in [3.63, 3.8) is 0 Å². The number of thioether (sulfide) groups is 1. The van der Waals surface area contributed by atoms with E-state index in [1.54, 1.807) is 24.7 Å². The minimum absolute atomic E-state index is 0.0612. The Morgan fingerprint density at radius 1 is 1.17 bits per heavy atom. The highest BCUT2D eigenvalue weighted by Crippen LogP contribution is 2.39. The number of ether oxygens (including phenoxy) is 1. The summed E-state index contributed by atoms with van der Waals surface area (Å²) in [4.78, 5) is 0. The normalized spacial score (nSPS) is 12.9. The van der Waals surface area contributed by atoms with Crippen LogP contribution in [-0.2, 0) is 24.0 Å². The molecule has 0 bridgehead atoms. The first-order valence-electron chi connectivity index (χ1n) is 11.2. The van der Waals surface area contributed by atoms with Crippen molar-refractivity contribution in [2.24, 2.45) is 0 Å². The van der Waals surface area contributed by atoms with Crippen molar-refractivity contribution in [1.82, 2.24) is 0 Å². The van der Waals surface area contributed by atoms with Crippen LogP contribution in [0.25, 0.3) is 17.0 Å². The molecule has 1 unspecified atom stereocenters. The first-order chi connectivity index (χ1) is 16.6. The fraction of sp³-hybridized carbons (Fsp3) is 0.385. The minimum Gasteiger partial charge on any atom is -0.611 e. The molecule has 2 aromatic carbocycles. The lowest BCUT2D eigenvalue weighted by atomic mass is 10.1. The predicted molar refractivity (Wildman–Crippen MR) is 145 cm³/mol. The standard InChI is InChI=1S/C20H16BrF3O3S2.C6H14/c1-28-18(29(2)25)10-14-15(20(22,23)24)4-3-5-17(14)27-11-12-8-13-6-7-26-19(13)16(21)9-12;1-3-5-6-4-2/h3-10H,11H2,1-2H3;3-6H2,1-2H3. The van der Waals surface area contributed by atoms with E-state index in [1.165, 1.54) is 50.1 Å². The number of unbranched alkanes of at least 4 members (excludes halogenated alkanes) is 3. The van der Waals surface area contributed by atoms with Gasteiger partial charge in [-0.25, -0.2) is 0 Å². The van der Waals surface area contributed by atoms with Crippen molar-refractivity contribution in [3.8, 4) is 5.75 Å². The van der Waals surface area contributed by atoms with Crippen LogP contribution in [0.1, 0.15) is 56.2 Å². The molecule has 1 heterocycles. The molecule has 3 aromatic rings. The molecule has 0 fully saturated rings. The van der Waals surface area contributed by atoms with Crippen molar-refractivity contribution in [2.45, 2.75) is 52.3 Å². The van der Waals surface area contributed by atoms with Crippen molar-refractivity contribution in [2.75, 3.05) is 12.5 Å². The highest BCUT2D eigenvalue weighted by Gasteiger charge is 2.34. The largest absolute Gasteiger partial charge is 0.611 e. The van der Waals surface area contributed by atoms with Gasteiger partial charge in [-0.1, -0.05) is 57.4 Å². The van der Waals surface area contributed by atoms with Crippen molar-refractivity contribution in [1.29, 1.82) is 0 Å². The summed E-state index contributed by atoms with van der Waals surface area (Å²) in [7, 11) is 0. The maximum absolute atomic E-state index is 13.6. The zero-order valence-corrected chi connectivity index (χ0v) is 23.4. The Hall–Kier alpha value is -1.55. The van der Waals surface area contributed by atoms with E-state index >= 15 is 0 Å². The van der Waals surface area contributed by atoms with E-state index in [2.05, 4.69) is 29.8 Å². The average Bonchev–Trinajstić information content (AvgIpc) is 3.29. The van der Waals surface area contributed by atoms with E-state index in [9.17, 15) is 17.7 Å². The monoisotopic (exact) mass is 590 g/mol. The molecule has 0 saturated carbocycles. The summed E-state index contributed by atoms with van der Waals surface area (Å²) in [6.45, 7) is 4.52. The first-order valence-corrected chi connectivity index (χ1v) is 14.8. The molecule has 0 aliphatic rings. The summed E-state index contributed by atoms with van der Waals surface area (Å²) in [5.41, 5.74) is 0.482. The molecule has 0 saturated heterocycles. The second kappa shape index (κ2) is 14.3. The highest BCUT2D eigenvalue weighted by atomic mass is 79.9. The van der Waals surface area contributed by atoms with Crippen LogP contribution in [0.2, 0.25) is 0 Å². The quantitative estimate of drug-likeness (QED) is 0.184. The Morgan fingerprint density at radius 3 is 2.43 bits per heavy atom. The molecule has 0 radical (unpaired) electrons. The lowest BCUT2D eigenvalue weighted by Crippen LogP contribution is -2.10. The molecule has 0 amide bonds. The number of halogens is 4. The maximum atomic E-state index is 13.6. The van der Waals surface area contributed by atoms with Crippen LogP contribution in [0.3, 0.4) is 0 Å². The molecule has 35 heavy (non-hydrogen) atoms. The van der Waals surface area contributed by atoms with Gasteiger partial charge in [0.1, 0.15) is 24.2 Å². The number of alkyl halides is 3. The van der Waals surface area contributed by atoms with Crippen LogP contribution < -0.4 is 4.74 Å². The zero-order valence-electron chi connectivity index (χ0n) is 20.2. The van der Waals surface area contributed by atoms with Gasteiger partial charge >= 0.3 is 6.18 Å². The maximum Gasteiger partial charge on any atom is 0.417 e. The summed E-state index contributed by atoms with van der Waals surface area (Å²) in [5.74, 6) is 0.0697. The van der Waals surface area contributed by atoms with Crippen LogP contribution in [-0.4, -0.2) is 17.1 Å². The van der Waals surface area contributed by atoms with Crippen molar-refractivity contribution in [3.05, 3.63) is 68.1 Å². The van der Waals surface area contributed by atoms with Crippen LogP contribution in [0.5, 0.6) is 5.75 Å². The molecule has 1 atom stereocenters. The van der Waals surface area contributed by atoms with Gasteiger partial charge in [0.25, 0.3) is 0 Å². The molecular formula is C26H30BrF3O3S2. The van der Waals surface area contributed by atoms with Crippen LogP contribution in [0, 0.1) is 0 Å². The van der Waals surface area contributed by atoms with Gasteiger partial charge in [0, 0.05) is 17.0 Å². The lowest BCUT2D eigenvalue weighted by molar-refractivity contribution is -0.137. The Bertz CT molecular complexity index is 1110. The van der Waals surface area contributed by atoms with Gasteiger partial charge in [-0.2, -0.15) is 13.2 Å². The number of furan rings is 1. The molecule has 1 aromatic heterocycles. The Kier molecular flexibility index (Phi) is 12.1. The molecular weight excluding hydrogens is 561 g/mol. The Morgan fingerprint density at radius 2 is 1.86 bits per heavy atom. The zero-order chi connectivity index (χ0) is 26.0. The summed E-state index contributed by atoms with van der Waals surface area (Å²) >= 11 is 3.14. The minimum atomic E-state index is -4.57. The van der Waals surface area contributed by atoms with E-state index in [0.29, 0.717) is 9.82 Å². The first kappa shape index (κ1) is 29.7. The van der Waals surface area contributed by atoms with Crippen LogP contribution in [0.15, 0.2) is 55.8 Å². The Labute approximate surface area is 220 Å². The lowest BCUT2D eigenvalue weighted by Gasteiger charge is -2.16. The number of fused-ring (bicyclic) bond motifs is 1. The fourth-order valence-electron chi connectivity index (χ4n) is 3.28. The van der Waals surface area contributed by atoms with Gasteiger partial charge in [0.05, 0.1) is 16.3 Å². The summed E-state index contributed by atoms with van der Waals surface area (Å²) in [6, 6.07) is 9.20. The van der Waals surface area contributed by atoms with Gasteiger partial charge in [-0.05, 0) is 69.3 Å². The third-order valence-corrected chi connectivity index (χ3v) is 8.03. The summed E-state index contributed by atoms with van der Waals surface area (Å²) in [5, 5.41) is 0.855. The van der Waals surface area contributed by atoms with Gasteiger partial charge in [-0.15, -0.1) is 0 Å². The number of hydrogen-bond donors (Lipinski definition) is 0. The van der Waals surface area contributed by atoms with E-state index in [0.717, 1.165) is 33.3 Å². The van der Waals surface area contributed by atoms with E-state index in [-0.39, 0.29) is 17.9 Å². The fourth-order valence-corrected chi connectivity index (χ4v) is 5.36. The van der Waals surface area contributed by atoms with Gasteiger partial charge in [0.2, 0.25) is 0 Å². The SMILES string of the molecule is CCCCCC.CSC(=Cc1c(OCc2cc(Br)c3occc3c2)cccc1C(F)(F)F)[S+](C)[O-]. The van der Waals surface area contributed by atoms with E-state index in [4.69, 9.17) is 9.15 Å². The van der Waals surface area contributed by atoms with Gasteiger partial charge in [0.15, 0.2) is 4.24 Å². The second-order valence-electron chi connectivity index (χ2n) is 7.75.